The highest BCUT2D eigenvalue weighted by atomic mass is 35.5. The first-order chi connectivity index (χ1) is 16.6. The Bertz CT molecular complexity index is 1130. The highest BCUT2D eigenvalue weighted by Crippen LogP contribution is 2.32. The summed E-state index contributed by atoms with van der Waals surface area (Å²) in [6.07, 6.45) is -0.465. The van der Waals surface area contributed by atoms with Crippen molar-refractivity contribution in [1.29, 1.82) is 0 Å². The molecule has 0 bridgehead atoms. The van der Waals surface area contributed by atoms with Crippen molar-refractivity contribution >= 4 is 17.4 Å². The van der Waals surface area contributed by atoms with Gasteiger partial charge in [0.1, 0.15) is 40.1 Å². The number of alkyl halides is 3. The maximum absolute atomic E-state index is 14.8. The van der Waals surface area contributed by atoms with Crippen LogP contribution in [0.15, 0.2) is 30.7 Å². The molecule has 1 aromatic carbocycles. The first kappa shape index (κ1) is 26.5. The van der Waals surface area contributed by atoms with Crippen LogP contribution in [-0.2, 0) is 6.42 Å². The quantitative estimate of drug-likeness (QED) is 0.227. The van der Waals surface area contributed by atoms with Gasteiger partial charge >= 0.3 is 6.18 Å². The molecule has 2 N–H and O–H groups in total. The summed E-state index contributed by atoms with van der Waals surface area (Å²) in [5.74, 6) is -2.34. The van der Waals surface area contributed by atoms with E-state index in [-0.39, 0.29) is 40.4 Å². The third-order valence-electron chi connectivity index (χ3n) is 4.90. The Balaban J connectivity index is 1.97. The molecule has 1 atom stereocenters. The van der Waals surface area contributed by atoms with E-state index in [1.165, 1.54) is 18.6 Å². The smallest absolute Gasteiger partial charge is 0.408 e. The molecule has 0 aliphatic heterocycles. The number of hydrogen-bond donors (Lipinski definition) is 2. The molecule has 0 spiro atoms. The van der Waals surface area contributed by atoms with Gasteiger partial charge in [0.15, 0.2) is 5.82 Å². The normalized spacial score (nSPS) is 12.5. The van der Waals surface area contributed by atoms with Crippen molar-refractivity contribution < 1.29 is 26.7 Å². The second-order valence-electron chi connectivity index (χ2n) is 7.51. The molecule has 0 aliphatic carbocycles. The minimum Gasteiger partial charge on any atom is -0.493 e. The van der Waals surface area contributed by atoms with Crippen molar-refractivity contribution in [2.45, 2.75) is 32.0 Å². The van der Waals surface area contributed by atoms with E-state index in [0.29, 0.717) is 13.0 Å². The number of benzene rings is 1. The maximum atomic E-state index is 14.8. The fourth-order valence-electron chi connectivity index (χ4n) is 3.00. The lowest BCUT2D eigenvalue weighted by molar-refractivity contribution is -0.138. The van der Waals surface area contributed by atoms with Crippen LogP contribution >= 0.6 is 11.6 Å². The Morgan fingerprint density at radius 2 is 1.80 bits per heavy atom. The predicted molar refractivity (Wildman–Crippen MR) is 120 cm³/mol. The third-order valence-corrected chi connectivity index (χ3v) is 5.21. The largest absolute Gasteiger partial charge is 0.493 e. The number of hydrogen-bond acceptors (Lipinski definition) is 7. The van der Waals surface area contributed by atoms with Crippen LogP contribution in [0.2, 0.25) is 5.15 Å². The van der Waals surface area contributed by atoms with Crippen LogP contribution in [0.5, 0.6) is 5.75 Å². The SMILES string of the molecule is CNCCCOc1cc(F)c(Cc2c(Cl)nc(-c3cnccn3)nc2N[C@@H](C)C(F)(F)F)c(F)c1. The zero-order valence-electron chi connectivity index (χ0n) is 18.8. The highest BCUT2D eigenvalue weighted by molar-refractivity contribution is 6.30. The summed E-state index contributed by atoms with van der Waals surface area (Å²) >= 11 is 6.27. The van der Waals surface area contributed by atoms with Crippen LogP contribution in [0.25, 0.3) is 11.5 Å². The van der Waals surface area contributed by atoms with Gasteiger partial charge in [-0.25, -0.2) is 23.7 Å². The standard InChI is InChI=1S/C22H22ClF5N6O/c1-12(22(26,27)28)32-20-15(19(23)33-21(34-20)18-11-30-5-6-31-18)10-14-16(24)8-13(9-17(14)25)35-7-3-4-29-2/h5-6,8-9,11-12,29H,3-4,7,10H2,1-2H3,(H,32,33,34)/t12-/m0/s1. The van der Waals surface area contributed by atoms with Crippen LogP contribution < -0.4 is 15.4 Å². The molecule has 0 saturated heterocycles. The molecular formula is C22H22ClF5N6O. The van der Waals surface area contributed by atoms with Crippen LogP contribution in [-0.4, -0.2) is 52.4 Å². The number of halogens is 6. The molecule has 188 valence electrons. The fraction of sp³-hybridized carbons (Fsp3) is 0.364. The minimum atomic E-state index is -4.62. The average Bonchev–Trinajstić information content (AvgIpc) is 2.80. The Labute approximate surface area is 203 Å². The summed E-state index contributed by atoms with van der Waals surface area (Å²) in [5.41, 5.74) is -0.385. The van der Waals surface area contributed by atoms with Crippen molar-refractivity contribution in [1.82, 2.24) is 25.3 Å². The first-order valence-corrected chi connectivity index (χ1v) is 10.9. The topological polar surface area (TPSA) is 84.8 Å². The van der Waals surface area contributed by atoms with Gasteiger partial charge in [-0.2, -0.15) is 13.2 Å². The van der Waals surface area contributed by atoms with Gasteiger partial charge in [0, 0.05) is 42.1 Å². The van der Waals surface area contributed by atoms with Gasteiger partial charge < -0.3 is 15.4 Å². The van der Waals surface area contributed by atoms with E-state index in [4.69, 9.17) is 16.3 Å². The Morgan fingerprint density at radius 1 is 1.09 bits per heavy atom. The van der Waals surface area contributed by atoms with E-state index in [1.54, 1.807) is 7.05 Å². The van der Waals surface area contributed by atoms with Crippen molar-refractivity contribution in [2.24, 2.45) is 0 Å². The Hall–Kier alpha value is -3.12. The zero-order chi connectivity index (χ0) is 25.6. The molecule has 2 aromatic heterocycles. The molecular weight excluding hydrogens is 495 g/mol. The number of aromatic nitrogens is 4. The van der Waals surface area contributed by atoms with E-state index in [0.717, 1.165) is 19.1 Å². The molecule has 0 amide bonds. The van der Waals surface area contributed by atoms with Crippen LogP contribution in [0.4, 0.5) is 27.8 Å². The molecule has 0 unspecified atom stereocenters. The van der Waals surface area contributed by atoms with Gasteiger partial charge in [0.05, 0.1) is 12.8 Å². The average molecular weight is 517 g/mol. The molecule has 7 nitrogen and oxygen atoms in total. The molecule has 0 radical (unpaired) electrons. The predicted octanol–water partition coefficient (Wildman–Crippen LogP) is 4.81. The molecule has 35 heavy (non-hydrogen) atoms. The molecule has 3 aromatic rings. The van der Waals surface area contributed by atoms with Gasteiger partial charge in [-0.15, -0.1) is 0 Å². The summed E-state index contributed by atoms with van der Waals surface area (Å²) in [6.45, 7) is 1.79. The highest BCUT2D eigenvalue weighted by Gasteiger charge is 2.37. The zero-order valence-corrected chi connectivity index (χ0v) is 19.5. The van der Waals surface area contributed by atoms with Gasteiger partial charge in [0.25, 0.3) is 0 Å². The van der Waals surface area contributed by atoms with Crippen molar-refractivity contribution in [3.05, 3.63) is 58.6 Å². The number of nitrogens with one attached hydrogen (secondary N) is 2. The number of ether oxygens (including phenoxy) is 1. The Morgan fingerprint density at radius 3 is 2.40 bits per heavy atom. The molecule has 0 fully saturated rings. The number of anilines is 1. The molecule has 0 aliphatic rings. The van der Waals surface area contributed by atoms with E-state index < -0.39 is 35.8 Å². The minimum absolute atomic E-state index is 0.00996. The number of nitrogens with zero attached hydrogens (tertiary/aromatic N) is 4. The van der Waals surface area contributed by atoms with Gasteiger partial charge in [-0.1, -0.05) is 11.6 Å². The summed E-state index contributed by atoms with van der Waals surface area (Å²) in [7, 11) is 1.77. The molecule has 13 heteroatoms. The maximum Gasteiger partial charge on any atom is 0.408 e. The van der Waals surface area contributed by atoms with Gasteiger partial charge in [-0.3, -0.25) is 4.98 Å². The first-order valence-electron chi connectivity index (χ1n) is 10.5. The van der Waals surface area contributed by atoms with Crippen molar-refractivity contribution in [2.75, 3.05) is 25.5 Å². The summed E-state index contributed by atoms with van der Waals surface area (Å²) in [6, 6.07) is -0.0253. The van der Waals surface area contributed by atoms with Crippen LogP contribution in [0.3, 0.4) is 0 Å². The second kappa shape index (κ2) is 11.5. The third kappa shape index (κ3) is 6.95. The van der Waals surface area contributed by atoms with Gasteiger partial charge in [0.2, 0.25) is 0 Å². The van der Waals surface area contributed by atoms with Crippen molar-refractivity contribution in [3.8, 4) is 17.3 Å². The lowest BCUT2D eigenvalue weighted by atomic mass is 10.0. The molecule has 0 saturated carbocycles. The summed E-state index contributed by atoms with van der Waals surface area (Å²) < 4.78 is 74.7. The van der Waals surface area contributed by atoms with E-state index >= 15 is 0 Å². The van der Waals surface area contributed by atoms with Crippen LogP contribution in [0.1, 0.15) is 24.5 Å². The summed E-state index contributed by atoms with van der Waals surface area (Å²) in [4.78, 5) is 16.0. The van der Waals surface area contributed by atoms with Crippen molar-refractivity contribution in [3.63, 3.8) is 0 Å². The summed E-state index contributed by atoms with van der Waals surface area (Å²) in [5, 5.41) is 4.86. The lowest BCUT2D eigenvalue weighted by Crippen LogP contribution is -2.34. The van der Waals surface area contributed by atoms with E-state index in [9.17, 15) is 22.0 Å². The number of rotatable bonds is 10. The lowest BCUT2D eigenvalue weighted by Gasteiger charge is -2.21. The second-order valence-corrected chi connectivity index (χ2v) is 7.87. The van der Waals surface area contributed by atoms with Crippen LogP contribution in [0, 0.1) is 11.6 Å². The van der Waals surface area contributed by atoms with Gasteiger partial charge in [-0.05, 0) is 26.9 Å². The molecule has 3 rings (SSSR count). The van der Waals surface area contributed by atoms with E-state index in [1.807, 2.05) is 0 Å². The fourth-order valence-corrected chi connectivity index (χ4v) is 3.23. The van der Waals surface area contributed by atoms with E-state index in [2.05, 4.69) is 30.6 Å². The Kier molecular flexibility index (Phi) is 8.73. The monoisotopic (exact) mass is 516 g/mol. The molecule has 2 heterocycles.